The summed E-state index contributed by atoms with van der Waals surface area (Å²) in [7, 11) is 0. The highest BCUT2D eigenvalue weighted by atomic mass is 16.4. The van der Waals surface area contributed by atoms with Crippen LogP contribution < -0.4 is 0 Å². The number of carboxylic acid groups (broad SMARTS) is 1. The minimum Gasteiger partial charge on any atom is -0.481 e. The Morgan fingerprint density at radius 2 is 1.34 bits per heavy atom. The molecule has 1 heterocycles. The molecule has 3 aromatic rings. The Bertz CT molecular complexity index is 1110. The molecule has 0 amide bonds. The van der Waals surface area contributed by atoms with Crippen LogP contribution in [-0.2, 0) is 16.6 Å². The molecule has 4 nitrogen and oxygen atoms in total. The molecule has 4 rings (SSSR count). The van der Waals surface area contributed by atoms with E-state index in [4.69, 9.17) is 5.11 Å². The Kier molecular flexibility index (Phi) is 10.5. The second-order valence-electron chi connectivity index (χ2n) is 11.2. The first-order chi connectivity index (χ1) is 18.6. The van der Waals surface area contributed by atoms with Crippen molar-refractivity contribution in [2.24, 2.45) is 0 Å². The first kappa shape index (κ1) is 28.0. The largest absolute Gasteiger partial charge is 0.481 e. The number of aromatic nitrogens is 2. The summed E-state index contributed by atoms with van der Waals surface area (Å²) in [6.45, 7) is 2.23. The monoisotopic (exact) mass is 512 g/mol. The molecule has 0 radical (unpaired) electrons. The number of benzene rings is 2. The SMILES string of the molecule is CCCCCc1cnc(-c2ccc(-c3ccc(C4(CCCCCCCC(=O)O)CCCC4)cc3)cc2)nc1. The van der Waals surface area contributed by atoms with E-state index in [1.54, 1.807) is 0 Å². The molecular formula is C34H44N2O2. The maximum Gasteiger partial charge on any atom is 0.303 e. The molecule has 0 aliphatic heterocycles. The lowest BCUT2D eigenvalue weighted by Gasteiger charge is -2.30. The minimum absolute atomic E-state index is 0.305. The van der Waals surface area contributed by atoms with Crippen molar-refractivity contribution in [3.8, 4) is 22.5 Å². The van der Waals surface area contributed by atoms with Gasteiger partial charge in [0.15, 0.2) is 5.82 Å². The number of hydrogen-bond acceptors (Lipinski definition) is 3. The highest BCUT2D eigenvalue weighted by Crippen LogP contribution is 2.45. The summed E-state index contributed by atoms with van der Waals surface area (Å²) in [5.74, 6) is 0.113. The fraction of sp³-hybridized carbons (Fsp3) is 0.500. The number of hydrogen-bond donors (Lipinski definition) is 1. The van der Waals surface area contributed by atoms with Gasteiger partial charge in [0.25, 0.3) is 0 Å². The molecule has 0 unspecified atom stereocenters. The van der Waals surface area contributed by atoms with Gasteiger partial charge in [0.1, 0.15) is 0 Å². The first-order valence-electron chi connectivity index (χ1n) is 14.8. The topological polar surface area (TPSA) is 63.1 Å². The van der Waals surface area contributed by atoms with Crippen molar-refractivity contribution in [3.63, 3.8) is 0 Å². The van der Waals surface area contributed by atoms with Gasteiger partial charge in [-0.15, -0.1) is 0 Å². The Hall–Kier alpha value is -3.01. The standard InChI is InChI=1S/C34H44N2O2/c1-2-3-7-12-27-25-35-33(36-26-27)30-16-14-28(15-17-30)29-18-20-31(21-19-29)34(23-10-11-24-34)22-9-6-4-5-8-13-32(37)38/h14-21,25-26H,2-13,22-24H2,1H3,(H,37,38). The van der Waals surface area contributed by atoms with E-state index >= 15 is 0 Å². The van der Waals surface area contributed by atoms with Crippen molar-refractivity contribution in [1.82, 2.24) is 9.97 Å². The number of unbranched alkanes of at least 4 members (excludes halogenated alkanes) is 6. The van der Waals surface area contributed by atoms with E-state index in [0.29, 0.717) is 11.8 Å². The summed E-state index contributed by atoms with van der Waals surface area (Å²) < 4.78 is 0. The van der Waals surface area contributed by atoms with Crippen LogP contribution in [0.1, 0.15) is 108 Å². The summed E-state index contributed by atoms with van der Waals surface area (Å²) in [5, 5.41) is 8.80. The Balaban J connectivity index is 1.34. The molecule has 0 bridgehead atoms. The van der Waals surface area contributed by atoms with Crippen molar-refractivity contribution in [1.29, 1.82) is 0 Å². The van der Waals surface area contributed by atoms with Crippen molar-refractivity contribution in [2.75, 3.05) is 0 Å². The van der Waals surface area contributed by atoms with Gasteiger partial charge in [-0.05, 0) is 66.2 Å². The fourth-order valence-corrected chi connectivity index (χ4v) is 6.04. The van der Waals surface area contributed by atoms with Gasteiger partial charge in [-0.2, -0.15) is 0 Å². The summed E-state index contributed by atoms with van der Waals surface area (Å²) in [5.41, 5.74) is 6.56. The molecule has 1 N–H and O–H groups in total. The zero-order valence-corrected chi connectivity index (χ0v) is 23.1. The van der Waals surface area contributed by atoms with Crippen molar-refractivity contribution in [2.45, 2.75) is 109 Å². The predicted molar refractivity (Wildman–Crippen MR) is 156 cm³/mol. The van der Waals surface area contributed by atoms with E-state index in [-0.39, 0.29) is 0 Å². The third kappa shape index (κ3) is 7.75. The van der Waals surface area contributed by atoms with Crippen molar-refractivity contribution in [3.05, 3.63) is 72.1 Å². The lowest BCUT2D eigenvalue weighted by Crippen LogP contribution is -2.21. The number of carboxylic acids is 1. The van der Waals surface area contributed by atoms with Crippen molar-refractivity contribution < 1.29 is 9.90 Å². The van der Waals surface area contributed by atoms with Gasteiger partial charge in [0.05, 0.1) is 0 Å². The van der Waals surface area contributed by atoms with Crippen LogP contribution in [0.25, 0.3) is 22.5 Å². The van der Waals surface area contributed by atoms with Crippen LogP contribution in [0.15, 0.2) is 60.9 Å². The fourth-order valence-electron chi connectivity index (χ4n) is 6.04. The highest BCUT2D eigenvalue weighted by Gasteiger charge is 2.34. The maximum absolute atomic E-state index is 10.7. The molecule has 202 valence electrons. The second-order valence-corrected chi connectivity index (χ2v) is 11.2. The smallest absolute Gasteiger partial charge is 0.303 e. The first-order valence-corrected chi connectivity index (χ1v) is 14.8. The van der Waals surface area contributed by atoms with E-state index < -0.39 is 5.97 Å². The van der Waals surface area contributed by atoms with E-state index in [9.17, 15) is 4.79 Å². The molecule has 1 aromatic heterocycles. The van der Waals surface area contributed by atoms with Crippen LogP contribution in [0.3, 0.4) is 0 Å². The average molecular weight is 513 g/mol. The Morgan fingerprint density at radius 3 is 1.97 bits per heavy atom. The van der Waals surface area contributed by atoms with Gasteiger partial charge in [-0.25, -0.2) is 9.97 Å². The minimum atomic E-state index is -0.675. The van der Waals surface area contributed by atoms with E-state index in [1.165, 1.54) is 86.5 Å². The van der Waals surface area contributed by atoms with E-state index in [1.807, 2.05) is 12.4 Å². The normalized spacial score (nSPS) is 14.6. The Morgan fingerprint density at radius 1 is 0.763 bits per heavy atom. The van der Waals surface area contributed by atoms with Crippen LogP contribution in [0.2, 0.25) is 0 Å². The number of nitrogens with zero attached hydrogens (tertiary/aromatic N) is 2. The summed E-state index contributed by atoms with van der Waals surface area (Å²) in [6, 6.07) is 17.9. The summed E-state index contributed by atoms with van der Waals surface area (Å²) >= 11 is 0. The zero-order valence-electron chi connectivity index (χ0n) is 23.1. The lowest BCUT2D eigenvalue weighted by molar-refractivity contribution is -0.137. The highest BCUT2D eigenvalue weighted by molar-refractivity contribution is 5.68. The third-order valence-corrected chi connectivity index (χ3v) is 8.35. The summed E-state index contributed by atoms with van der Waals surface area (Å²) in [4.78, 5) is 19.9. The third-order valence-electron chi connectivity index (χ3n) is 8.35. The predicted octanol–water partition coefficient (Wildman–Crippen LogP) is 9.17. The van der Waals surface area contributed by atoms with Gasteiger partial charge < -0.3 is 5.11 Å². The zero-order chi connectivity index (χ0) is 26.6. The average Bonchev–Trinajstić information content (AvgIpc) is 3.43. The molecular weight excluding hydrogens is 468 g/mol. The number of aliphatic carboxylic acids is 1. The van der Waals surface area contributed by atoms with Gasteiger partial charge in [-0.1, -0.05) is 107 Å². The van der Waals surface area contributed by atoms with Crippen LogP contribution in [-0.4, -0.2) is 21.0 Å². The molecule has 1 aliphatic rings. The van der Waals surface area contributed by atoms with Crippen molar-refractivity contribution >= 4 is 5.97 Å². The molecule has 1 fully saturated rings. The molecule has 0 spiro atoms. The van der Waals surface area contributed by atoms with Gasteiger partial charge in [0, 0.05) is 24.4 Å². The molecule has 0 saturated heterocycles. The van der Waals surface area contributed by atoms with Crippen LogP contribution in [0.5, 0.6) is 0 Å². The lowest BCUT2D eigenvalue weighted by atomic mass is 9.74. The molecule has 0 atom stereocenters. The number of aryl methyl sites for hydroxylation is 1. The second kappa shape index (κ2) is 14.2. The van der Waals surface area contributed by atoms with Gasteiger partial charge in [-0.3, -0.25) is 4.79 Å². The van der Waals surface area contributed by atoms with Crippen LogP contribution >= 0.6 is 0 Å². The molecule has 4 heteroatoms. The molecule has 1 saturated carbocycles. The number of carbonyl (C=O) groups is 1. The van der Waals surface area contributed by atoms with Gasteiger partial charge >= 0.3 is 5.97 Å². The van der Waals surface area contributed by atoms with E-state index in [0.717, 1.165) is 37.1 Å². The van der Waals surface area contributed by atoms with E-state index in [2.05, 4.69) is 65.4 Å². The molecule has 1 aliphatic carbocycles. The maximum atomic E-state index is 10.7. The van der Waals surface area contributed by atoms with Crippen LogP contribution in [0.4, 0.5) is 0 Å². The van der Waals surface area contributed by atoms with Gasteiger partial charge in [0.2, 0.25) is 0 Å². The van der Waals surface area contributed by atoms with Crippen LogP contribution in [0, 0.1) is 0 Å². The Labute approximate surface area is 229 Å². The molecule has 2 aromatic carbocycles. The number of rotatable bonds is 15. The summed E-state index contributed by atoms with van der Waals surface area (Å²) in [6.07, 6.45) is 20.9. The quantitative estimate of drug-likeness (QED) is 0.206. The molecule has 38 heavy (non-hydrogen) atoms.